The quantitative estimate of drug-likeness (QED) is 0.322. The first-order chi connectivity index (χ1) is 15.0. The molecule has 0 N–H and O–H groups in total. The number of rotatable bonds is 5. The summed E-state index contributed by atoms with van der Waals surface area (Å²) in [6.45, 7) is 0. The molecule has 0 aliphatic carbocycles. The van der Waals surface area contributed by atoms with Crippen LogP contribution in [-0.4, -0.2) is 21.6 Å². The molecule has 0 saturated heterocycles. The van der Waals surface area contributed by atoms with Crippen molar-refractivity contribution in [1.82, 2.24) is 9.55 Å². The molecule has 0 aliphatic rings. The van der Waals surface area contributed by atoms with Gasteiger partial charge in [-0.1, -0.05) is 29.8 Å². The zero-order valence-corrected chi connectivity index (χ0v) is 17.1. The molecule has 0 saturated carbocycles. The lowest BCUT2D eigenvalue weighted by Crippen LogP contribution is -2.22. The van der Waals surface area contributed by atoms with Gasteiger partial charge in [-0.3, -0.25) is 19.5 Å². The van der Waals surface area contributed by atoms with Crippen molar-refractivity contribution in [2.75, 3.05) is 7.11 Å². The minimum Gasteiger partial charge on any atom is -0.495 e. The van der Waals surface area contributed by atoms with Crippen LogP contribution in [0, 0.1) is 10.1 Å². The van der Waals surface area contributed by atoms with E-state index in [1.165, 1.54) is 23.8 Å². The van der Waals surface area contributed by atoms with Crippen molar-refractivity contribution in [2.45, 2.75) is 0 Å². The number of fused-ring (bicyclic) bond motifs is 1. The number of hydrogen-bond acceptors (Lipinski definition) is 5. The summed E-state index contributed by atoms with van der Waals surface area (Å²) in [5.74, 6) is 0.830. The Hall–Kier alpha value is -3.97. The number of nitrogens with zero attached hydrogens (tertiary/aromatic N) is 3. The Morgan fingerprint density at radius 2 is 1.81 bits per heavy atom. The van der Waals surface area contributed by atoms with Crippen LogP contribution in [0.3, 0.4) is 0 Å². The number of nitro groups is 1. The number of ether oxygens (including phenoxy) is 1. The van der Waals surface area contributed by atoms with Gasteiger partial charge < -0.3 is 4.74 Å². The second kappa shape index (κ2) is 8.41. The Labute approximate surface area is 182 Å². The first-order valence-corrected chi connectivity index (χ1v) is 9.64. The number of benzene rings is 3. The molecule has 0 aliphatic heterocycles. The van der Waals surface area contributed by atoms with Gasteiger partial charge in [-0.05, 0) is 54.1 Å². The maximum absolute atomic E-state index is 13.4. The van der Waals surface area contributed by atoms with E-state index in [1.807, 2.05) is 6.07 Å². The molecule has 0 atom stereocenters. The topological polar surface area (TPSA) is 87.3 Å². The molecule has 7 nitrogen and oxygen atoms in total. The Kier molecular flexibility index (Phi) is 5.51. The lowest BCUT2D eigenvalue weighted by Gasteiger charge is -2.15. The summed E-state index contributed by atoms with van der Waals surface area (Å²) in [5.41, 5.74) is 1.46. The first kappa shape index (κ1) is 20.3. The summed E-state index contributed by atoms with van der Waals surface area (Å²) in [6.07, 6.45) is 3.41. The number of para-hydroxylation sites is 1. The van der Waals surface area contributed by atoms with Gasteiger partial charge in [0.05, 0.1) is 28.6 Å². The van der Waals surface area contributed by atoms with Crippen molar-refractivity contribution in [3.05, 3.63) is 104 Å². The molecule has 0 radical (unpaired) electrons. The predicted octanol–water partition coefficient (Wildman–Crippen LogP) is 5.13. The minimum atomic E-state index is -0.457. The van der Waals surface area contributed by atoms with Crippen molar-refractivity contribution >= 4 is 40.3 Å². The van der Waals surface area contributed by atoms with E-state index < -0.39 is 4.92 Å². The summed E-state index contributed by atoms with van der Waals surface area (Å²) in [5, 5.41) is 11.8. The zero-order chi connectivity index (χ0) is 22.0. The standard InChI is InChI=1S/C23H16ClN3O4/c1-31-21-12-9-16(24)14-20(21)26-22(25-19-5-3-2-4-18(19)23(26)28)13-8-15-6-10-17(11-7-15)27(29)30/h2-14H,1H3. The van der Waals surface area contributed by atoms with Crippen molar-refractivity contribution in [2.24, 2.45) is 0 Å². The van der Waals surface area contributed by atoms with Crippen molar-refractivity contribution in [3.8, 4) is 11.4 Å². The molecule has 154 valence electrons. The second-order valence-corrected chi connectivity index (χ2v) is 7.06. The van der Waals surface area contributed by atoms with Gasteiger partial charge in [0, 0.05) is 17.2 Å². The summed E-state index contributed by atoms with van der Waals surface area (Å²) in [7, 11) is 1.51. The molecule has 4 rings (SSSR count). The van der Waals surface area contributed by atoms with Crippen LogP contribution in [-0.2, 0) is 0 Å². The fraction of sp³-hybridized carbons (Fsp3) is 0.0435. The molecule has 0 unspecified atom stereocenters. The third kappa shape index (κ3) is 4.04. The van der Waals surface area contributed by atoms with Crippen molar-refractivity contribution < 1.29 is 9.66 Å². The van der Waals surface area contributed by atoms with Gasteiger partial charge in [0.2, 0.25) is 0 Å². The van der Waals surface area contributed by atoms with Gasteiger partial charge in [-0.15, -0.1) is 0 Å². The molecule has 1 aromatic heterocycles. The number of non-ortho nitro benzene ring substituents is 1. The number of halogens is 1. The molecule has 3 aromatic carbocycles. The fourth-order valence-electron chi connectivity index (χ4n) is 3.21. The molecule has 0 spiro atoms. The average Bonchev–Trinajstić information content (AvgIpc) is 2.78. The summed E-state index contributed by atoms with van der Waals surface area (Å²) in [6, 6.07) is 18.1. The van der Waals surface area contributed by atoms with E-state index in [0.717, 1.165) is 5.56 Å². The number of hydrogen-bond donors (Lipinski definition) is 0. The van der Waals surface area contributed by atoms with E-state index in [0.29, 0.717) is 33.2 Å². The van der Waals surface area contributed by atoms with E-state index in [9.17, 15) is 14.9 Å². The molecule has 0 amide bonds. The Morgan fingerprint density at radius 3 is 2.52 bits per heavy atom. The molecule has 8 heteroatoms. The van der Waals surface area contributed by atoms with Crippen molar-refractivity contribution in [3.63, 3.8) is 0 Å². The van der Waals surface area contributed by atoms with Crippen LogP contribution in [0.25, 0.3) is 28.7 Å². The smallest absolute Gasteiger partial charge is 0.269 e. The largest absolute Gasteiger partial charge is 0.495 e. The highest BCUT2D eigenvalue weighted by Gasteiger charge is 2.15. The molecule has 0 bridgehead atoms. The van der Waals surface area contributed by atoms with Crippen LogP contribution in [0.4, 0.5) is 5.69 Å². The molecule has 1 heterocycles. The van der Waals surface area contributed by atoms with Crippen molar-refractivity contribution in [1.29, 1.82) is 0 Å². The maximum Gasteiger partial charge on any atom is 0.269 e. The van der Waals surface area contributed by atoms with Crippen LogP contribution in [0.15, 0.2) is 71.5 Å². The second-order valence-electron chi connectivity index (χ2n) is 6.63. The Bertz CT molecular complexity index is 1380. The highest BCUT2D eigenvalue weighted by Crippen LogP contribution is 2.27. The van der Waals surface area contributed by atoms with E-state index >= 15 is 0 Å². The lowest BCUT2D eigenvalue weighted by molar-refractivity contribution is -0.384. The van der Waals surface area contributed by atoms with Gasteiger partial charge >= 0.3 is 0 Å². The van der Waals surface area contributed by atoms with Gasteiger partial charge in [0.25, 0.3) is 11.2 Å². The zero-order valence-electron chi connectivity index (χ0n) is 16.4. The summed E-state index contributed by atoms with van der Waals surface area (Å²) < 4.78 is 6.88. The maximum atomic E-state index is 13.4. The molecular formula is C23H16ClN3O4. The predicted molar refractivity (Wildman–Crippen MR) is 121 cm³/mol. The monoisotopic (exact) mass is 433 g/mol. The number of aromatic nitrogens is 2. The van der Waals surface area contributed by atoms with Crippen LogP contribution < -0.4 is 10.3 Å². The molecular weight excluding hydrogens is 418 g/mol. The van der Waals surface area contributed by atoms with E-state index in [2.05, 4.69) is 4.98 Å². The van der Waals surface area contributed by atoms with Gasteiger partial charge in [0.15, 0.2) is 0 Å². The van der Waals surface area contributed by atoms with E-state index in [-0.39, 0.29) is 11.2 Å². The number of nitro benzene ring substituents is 1. The molecule has 31 heavy (non-hydrogen) atoms. The van der Waals surface area contributed by atoms with E-state index in [1.54, 1.807) is 60.7 Å². The van der Waals surface area contributed by atoms with Crippen LogP contribution in [0.2, 0.25) is 5.02 Å². The third-order valence-corrected chi connectivity index (χ3v) is 4.95. The van der Waals surface area contributed by atoms with Gasteiger partial charge in [-0.25, -0.2) is 4.98 Å². The molecule has 0 fully saturated rings. The minimum absolute atomic E-state index is 0.00144. The van der Waals surface area contributed by atoms with Crippen LogP contribution in [0.1, 0.15) is 11.4 Å². The first-order valence-electron chi connectivity index (χ1n) is 9.26. The molecule has 4 aromatic rings. The van der Waals surface area contributed by atoms with E-state index in [4.69, 9.17) is 16.3 Å². The Balaban J connectivity index is 1.92. The van der Waals surface area contributed by atoms with Crippen LogP contribution in [0.5, 0.6) is 5.75 Å². The highest BCUT2D eigenvalue weighted by atomic mass is 35.5. The van der Waals surface area contributed by atoms with Crippen LogP contribution >= 0.6 is 11.6 Å². The Morgan fingerprint density at radius 1 is 1.06 bits per heavy atom. The average molecular weight is 434 g/mol. The SMILES string of the molecule is COc1ccc(Cl)cc1-n1c(C=Cc2ccc([N+](=O)[O-])cc2)nc2ccccc2c1=O. The normalized spacial score (nSPS) is 11.2. The summed E-state index contributed by atoms with van der Waals surface area (Å²) in [4.78, 5) is 28.4. The third-order valence-electron chi connectivity index (χ3n) is 4.71. The fourth-order valence-corrected chi connectivity index (χ4v) is 3.38. The highest BCUT2D eigenvalue weighted by molar-refractivity contribution is 6.30. The van der Waals surface area contributed by atoms with Gasteiger partial charge in [-0.2, -0.15) is 0 Å². The lowest BCUT2D eigenvalue weighted by atomic mass is 10.2. The number of methoxy groups -OCH3 is 1. The van der Waals surface area contributed by atoms with Gasteiger partial charge in [0.1, 0.15) is 11.6 Å². The summed E-state index contributed by atoms with van der Waals surface area (Å²) >= 11 is 6.20.